The summed E-state index contributed by atoms with van der Waals surface area (Å²) in [7, 11) is -9.51. The van der Waals surface area contributed by atoms with E-state index in [-0.39, 0.29) is 24.3 Å². The summed E-state index contributed by atoms with van der Waals surface area (Å²) in [4.78, 5) is 36.2. The third kappa shape index (κ3) is 5.93. The van der Waals surface area contributed by atoms with Crippen molar-refractivity contribution >= 4 is 43.6 Å². The van der Waals surface area contributed by atoms with Crippen molar-refractivity contribution < 1.29 is 38.5 Å². The second-order valence-corrected chi connectivity index (χ2v) is 12.9. The smallest absolute Gasteiger partial charge is 0.340 e. The molecule has 0 aromatic carbocycles. The van der Waals surface area contributed by atoms with E-state index >= 15 is 0 Å². The third-order valence-corrected chi connectivity index (χ3v) is 9.66. The Kier molecular flexibility index (Phi) is 7.18. The lowest BCUT2D eigenvalue weighted by atomic mass is 10.1. The summed E-state index contributed by atoms with van der Waals surface area (Å²) in [6.45, 7) is 0.0893. The molecule has 13 nitrogen and oxygen atoms in total. The topological polar surface area (TPSA) is 200 Å². The van der Waals surface area contributed by atoms with Crippen LogP contribution in [0.5, 0.6) is 0 Å². The van der Waals surface area contributed by atoms with E-state index in [1.165, 1.54) is 4.68 Å². The molecule has 2 aromatic rings. The minimum atomic E-state index is -4.82. The molecule has 2 fully saturated rings. The number of rotatable bonds is 8. The zero-order valence-corrected chi connectivity index (χ0v) is 20.0. The number of aromatic nitrogens is 4. The molecule has 1 unspecified atom stereocenters. The summed E-state index contributed by atoms with van der Waals surface area (Å²) in [5.41, 5.74) is 0.427. The number of hydrogen-bond acceptors (Lipinski definition) is 9. The van der Waals surface area contributed by atoms with Crippen LogP contribution in [0.2, 0.25) is 5.28 Å². The molecule has 2 saturated carbocycles. The number of aliphatic hydroxyl groups is 2. The van der Waals surface area contributed by atoms with Crippen LogP contribution in [0.4, 0.5) is 5.82 Å². The van der Waals surface area contributed by atoms with Gasteiger partial charge >= 0.3 is 15.2 Å². The molecule has 2 aliphatic rings. The highest BCUT2D eigenvalue weighted by atomic mass is 35.5. The lowest BCUT2D eigenvalue weighted by Crippen LogP contribution is -2.32. The first kappa shape index (κ1) is 25.0. The molecule has 16 heteroatoms. The van der Waals surface area contributed by atoms with Gasteiger partial charge in [-0.25, -0.2) is 4.68 Å². The number of anilines is 1. The Labute approximate surface area is 193 Å². The fourth-order valence-corrected chi connectivity index (χ4v) is 7.43. The summed E-state index contributed by atoms with van der Waals surface area (Å²) < 4.78 is 29.5. The second kappa shape index (κ2) is 9.49. The van der Waals surface area contributed by atoms with Crippen LogP contribution in [-0.4, -0.2) is 74.9 Å². The number of halogens is 1. The molecule has 0 spiro atoms. The highest BCUT2D eigenvalue weighted by Crippen LogP contribution is 2.57. The first-order valence-electron chi connectivity index (χ1n) is 10.5. The van der Waals surface area contributed by atoms with E-state index in [1.807, 2.05) is 0 Å². The largest absolute Gasteiger partial charge is 0.390 e. The van der Waals surface area contributed by atoms with Gasteiger partial charge in [0.25, 0.3) is 0 Å². The standard InChI is InChI=1S/C17H26ClN5O8P2/c18-17-21-15(20-10-3-1-2-4-10)11-6-19-23(16(11)22-17)7-9-5-12(14(25)13(9)24)31-33(29,30)8-32(26,27)28/h6,9-10,12-14,24-25H,1-5,7-8H2,(H,29,30)(H,20,21,22)(H2,26,27,28)/t9-,12-,13-,14+/m0/s1. The maximum Gasteiger partial charge on any atom is 0.340 e. The van der Waals surface area contributed by atoms with Crippen LogP contribution in [0.3, 0.4) is 0 Å². The van der Waals surface area contributed by atoms with Gasteiger partial charge in [0.15, 0.2) is 11.6 Å². The molecule has 4 rings (SSSR count). The average Bonchev–Trinajstić information content (AvgIpc) is 3.38. The minimum Gasteiger partial charge on any atom is -0.390 e. The van der Waals surface area contributed by atoms with Crippen molar-refractivity contribution in [2.75, 3.05) is 11.2 Å². The van der Waals surface area contributed by atoms with Gasteiger partial charge in [-0.3, -0.25) is 9.13 Å². The van der Waals surface area contributed by atoms with E-state index in [0.29, 0.717) is 16.9 Å². The Hall–Kier alpha value is -1.14. The first-order chi connectivity index (χ1) is 15.4. The van der Waals surface area contributed by atoms with Crippen LogP contribution >= 0.6 is 26.8 Å². The zero-order chi connectivity index (χ0) is 24.0. The SMILES string of the molecule is O=P(O)(O)CP(=O)(O)O[C@H]1C[C@@H](Cn2ncc3c(NC4CCCC4)nc(Cl)nc32)[C@H](O)[C@@H]1O. The number of aliphatic hydroxyl groups excluding tert-OH is 2. The molecule has 6 N–H and O–H groups in total. The minimum absolute atomic E-state index is 0.0246. The van der Waals surface area contributed by atoms with Crippen molar-refractivity contribution in [3.63, 3.8) is 0 Å². The normalized spacial score (nSPS) is 28.4. The van der Waals surface area contributed by atoms with Crippen molar-refractivity contribution in [1.82, 2.24) is 19.7 Å². The lowest BCUT2D eigenvalue weighted by molar-refractivity contribution is -0.0218. The summed E-state index contributed by atoms with van der Waals surface area (Å²) >= 11 is 6.12. The van der Waals surface area contributed by atoms with Gasteiger partial charge in [0.2, 0.25) is 5.28 Å². The maximum atomic E-state index is 12.0. The molecule has 2 aromatic heterocycles. The Morgan fingerprint density at radius 1 is 1.15 bits per heavy atom. The van der Waals surface area contributed by atoms with Crippen LogP contribution in [0, 0.1) is 5.92 Å². The predicted molar refractivity (Wildman–Crippen MR) is 118 cm³/mol. The summed E-state index contributed by atoms with van der Waals surface area (Å²) in [6, 6.07) is 0.287. The molecular formula is C17H26ClN5O8P2. The van der Waals surface area contributed by atoms with Gasteiger partial charge < -0.3 is 34.7 Å². The Balaban J connectivity index is 1.50. The van der Waals surface area contributed by atoms with Gasteiger partial charge in [-0.05, 0) is 30.9 Å². The van der Waals surface area contributed by atoms with Crippen LogP contribution in [0.15, 0.2) is 6.20 Å². The molecular weight excluding hydrogens is 500 g/mol. The molecule has 0 saturated heterocycles. The Bertz CT molecular complexity index is 1110. The van der Waals surface area contributed by atoms with Gasteiger partial charge in [-0.2, -0.15) is 15.1 Å². The highest BCUT2D eigenvalue weighted by molar-refractivity contribution is 7.70. The van der Waals surface area contributed by atoms with E-state index < -0.39 is 45.3 Å². The van der Waals surface area contributed by atoms with Crippen molar-refractivity contribution in [3.05, 3.63) is 11.5 Å². The van der Waals surface area contributed by atoms with Crippen LogP contribution < -0.4 is 5.32 Å². The Morgan fingerprint density at radius 3 is 2.52 bits per heavy atom. The number of hydrogen-bond donors (Lipinski definition) is 6. The number of fused-ring (bicyclic) bond motifs is 1. The van der Waals surface area contributed by atoms with Gasteiger partial charge in [-0.1, -0.05) is 12.8 Å². The van der Waals surface area contributed by atoms with E-state index in [9.17, 15) is 24.2 Å². The Morgan fingerprint density at radius 2 is 1.85 bits per heavy atom. The van der Waals surface area contributed by atoms with Crippen molar-refractivity contribution in [3.8, 4) is 0 Å². The highest BCUT2D eigenvalue weighted by Gasteiger charge is 2.46. The number of nitrogens with zero attached hydrogens (tertiary/aromatic N) is 4. The molecule has 0 aliphatic heterocycles. The van der Waals surface area contributed by atoms with E-state index in [2.05, 4.69) is 20.4 Å². The van der Waals surface area contributed by atoms with Gasteiger partial charge in [0.1, 0.15) is 11.9 Å². The number of nitrogens with one attached hydrogen (secondary N) is 1. The van der Waals surface area contributed by atoms with E-state index in [4.69, 9.17) is 25.9 Å². The molecule has 0 amide bonds. The van der Waals surface area contributed by atoms with Crippen LogP contribution in [0.25, 0.3) is 11.0 Å². The van der Waals surface area contributed by atoms with E-state index in [1.54, 1.807) is 6.20 Å². The molecule has 2 heterocycles. The molecule has 33 heavy (non-hydrogen) atoms. The van der Waals surface area contributed by atoms with Crippen molar-refractivity contribution in [2.45, 2.75) is 63.0 Å². The van der Waals surface area contributed by atoms with Gasteiger partial charge in [-0.15, -0.1) is 0 Å². The first-order valence-corrected chi connectivity index (χ1v) is 14.4. The monoisotopic (exact) mass is 525 g/mol. The fraction of sp³-hybridized carbons (Fsp3) is 0.706. The van der Waals surface area contributed by atoms with Crippen molar-refractivity contribution in [2.24, 2.45) is 5.92 Å². The lowest BCUT2D eigenvalue weighted by Gasteiger charge is -2.20. The molecule has 0 radical (unpaired) electrons. The maximum absolute atomic E-state index is 12.0. The van der Waals surface area contributed by atoms with Crippen LogP contribution in [0.1, 0.15) is 32.1 Å². The summed E-state index contributed by atoms with van der Waals surface area (Å²) in [5, 5.41) is 29.1. The summed E-state index contributed by atoms with van der Waals surface area (Å²) in [6.07, 6.45) is 1.75. The van der Waals surface area contributed by atoms with Gasteiger partial charge in [0.05, 0.1) is 23.8 Å². The average molecular weight is 526 g/mol. The van der Waals surface area contributed by atoms with Crippen LogP contribution in [-0.2, 0) is 20.2 Å². The quantitative estimate of drug-likeness (QED) is 0.213. The molecule has 184 valence electrons. The van der Waals surface area contributed by atoms with Gasteiger partial charge in [0, 0.05) is 18.5 Å². The second-order valence-electron chi connectivity index (χ2n) is 8.60. The van der Waals surface area contributed by atoms with Crippen molar-refractivity contribution in [1.29, 1.82) is 0 Å². The third-order valence-electron chi connectivity index (χ3n) is 5.98. The zero-order valence-electron chi connectivity index (χ0n) is 17.4. The van der Waals surface area contributed by atoms with E-state index in [0.717, 1.165) is 25.7 Å². The molecule has 0 bridgehead atoms. The molecule has 5 atom stereocenters. The predicted octanol–water partition coefficient (Wildman–Crippen LogP) is 1.28. The molecule has 2 aliphatic carbocycles. The summed E-state index contributed by atoms with van der Waals surface area (Å²) in [5.74, 6) is -1.45. The fourth-order valence-electron chi connectivity index (χ4n) is 4.50.